The van der Waals surface area contributed by atoms with Gasteiger partial charge in [0.05, 0.1) is 23.9 Å². The molecule has 1 aromatic carbocycles. The van der Waals surface area contributed by atoms with Gasteiger partial charge in [0.1, 0.15) is 4.90 Å². The van der Waals surface area contributed by atoms with Crippen LogP contribution in [0.3, 0.4) is 0 Å². The molecule has 0 heterocycles. The van der Waals surface area contributed by atoms with Crippen molar-refractivity contribution in [3.8, 4) is 17.9 Å². The van der Waals surface area contributed by atoms with Crippen LogP contribution in [0, 0.1) is 23.2 Å². The minimum absolute atomic E-state index is 0.0261. The Morgan fingerprint density at radius 1 is 1.47 bits per heavy atom. The quantitative estimate of drug-likeness (QED) is 0.600. The number of nitrogen functional groups attached to an aromatic ring is 1. The summed E-state index contributed by atoms with van der Waals surface area (Å²) in [5, 5.41) is 8.64. The maximum absolute atomic E-state index is 11.8. The van der Waals surface area contributed by atoms with Crippen LogP contribution in [0.2, 0.25) is 0 Å². The van der Waals surface area contributed by atoms with E-state index >= 15 is 0 Å². The molecule has 0 aliphatic rings. The molecular formula is C11H11N3O2S. The van der Waals surface area contributed by atoms with Crippen LogP contribution in [0.4, 0.5) is 5.69 Å². The molecule has 5 nitrogen and oxygen atoms in total. The number of hydrogen-bond donors (Lipinski definition) is 2. The van der Waals surface area contributed by atoms with Gasteiger partial charge in [-0.3, -0.25) is 0 Å². The second-order valence-electron chi connectivity index (χ2n) is 3.12. The van der Waals surface area contributed by atoms with Crippen LogP contribution >= 0.6 is 0 Å². The van der Waals surface area contributed by atoms with Crippen LogP contribution in [0.1, 0.15) is 12.5 Å². The maximum Gasteiger partial charge on any atom is 0.243 e. The highest BCUT2D eigenvalue weighted by Crippen LogP contribution is 2.18. The number of nitrogens with zero attached hydrogens (tertiary/aromatic N) is 1. The molecule has 0 fully saturated rings. The Morgan fingerprint density at radius 2 is 2.18 bits per heavy atom. The van der Waals surface area contributed by atoms with Gasteiger partial charge in [0.25, 0.3) is 0 Å². The first-order valence-electron chi connectivity index (χ1n) is 4.70. The Balaban J connectivity index is 3.07. The van der Waals surface area contributed by atoms with E-state index in [1.807, 2.05) is 6.07 Å². The monoisotopic (exact) mass is 249 g/mol. The van der Waals surface area contributed by atoms with Gasteiger partial charge in [-0.05, 0) is 25.1 Å². The van der Waals surface area contributed by atoms with Crippen LogP contribution in [0.25, 0.3) is 0 Å². The van der Waals surface area contributed by atoms with E-state index in [1.165, 1.54) is 18.2 Å². The van der Waals surface area contributed by atoms with Gasteiger partial charge in [-0.15, -0.1) is 5.92 Å². The highest BCUT2D eigenvalue weighted by Gasteiger charge is 2.16. The molecule has 88 valence electrons. The lowest BCUT2D eigenvalue weighted by Crippen LogP contribution is -2.24. The molecule has 0 aliphatic heterocycles. The fraction of sp³-hybridized carbons (Fsp3) is 0.182. The van der Waals surface area contributed by atoms with Crippen molar-refractivity contribution in [2.24, 2.45) is 0 Å². The summed E-state index contributed by atoms with van der Waals surface area (Å²) in [7, 11) is -3.68. The van der Waals surface area contributed by atoms with Gasteiger partial charge < -0.3 is 5.73 Å². The van der Waals surface area contributed by atoms with E-state index < -0.39 is 10.0 Å². The summed E-state index contributed by atoms with van der Waals surface area (Å²) >= 11 is 0. The highest BCUT2D eigenvalue weighted by molar-refractivity contribution is 7.89. The topological polar surface area (TPSA) is 96.0 Å². The van der Waals surface area contributed by atoms with Gasteiger partial charge >= 0.3 is 0 Å². The summed E-state index contributed by atoms with van der Waals surface area (Å²) < 4.78 is 25.9. The zero-order chi connectivity index (χ0) is 12.9. The molecule has 0 saturated heterocycles. The van der Waals surface area contributed by atoms with Crippen molar-refractivity contribution in [3.63, 3.8) is 0 Å². The van der Waals surface area contributed by atoms with E-state index in [-0.39, 0.29) is 17.1 Å². The number of nitriles is 1. The molecule has 0 saturated carbocycles. The summed E-state index contributed by atoms with van der Waals surface area (Å²) in [4.78, 5) is -0.0468. The van der Waals surface area contributed by atoms with E-state index in [2.05, 4.69) is 16.6 Å². The molecule has 0 amide bonds. The predicted octanol–water partition coefficient (Wildman–Crippen LogP) is 0.442. The summed E-state index contributed by atoms with van der Waals surface area (Å²) in [6.45, 7) is 1.64. The Morgan fingerprint density at radius 3 is 2.71 bits per heavy atom. The molecule has 0 radical (unpaired) electrons. The Labute approximate surface area is 100 Å². The van der Waals surface area contributed by atoms with Gasteiger partial charge in [0, 0.05) is 0 Å². The van der Waals surface area contributed by atoms with Crippen molar-refractivity contribution in [1.82, 2.24) is 4.72 Å². The Hall–Kier alpha value is -2.02. The Bertz CT molecular complexity index is 618. The molecule has 1 rings (SSSR count). The number of sulfonamides is 1. The van der Waals surface area contributed by atoms with Crippen LogP contribution in [-0.4, -0.2) is 15.0 Å². The van der Waals surface area contributed by atoms with Crippen molar-refractivity contribution in [3.05, 3.63) is 23.8 Å². The number of nitrogens with two attached hydrogens (primary N) is 1. The zero-order valence-corrected chi connectivity index (χ0v) is 10.0. The number of nitrogens with one attached hydrogen (secondary N) is 1. The fourth-order valence-corrected chi connectivity index (χ4v) is 2.19. The lowest BCUT2D eigenvalue weighted by molar-refractivity contribution is 0.586. The molecule has 1 aromatic rings. The summed E-state index contributed by atoms with van der Waals surface area (Å²) in [5.41, 5.74) is 5.94. The number of hydrogen-bond acceptors (Lipinski definition) is 4. The first-order valence-corrected chi connectivity index (χ1v) is 6.18. The minimum Gasteiger partial charge on any atom is -0.398 e. The largest absolute Gasteiger partial charge is 0.398 e. The number of rotatable bonds is 3. The molecule has 0 aliphatic carbocycles. The van der Waals surface area contributed by atoms with E-state index in [0.29, 0.717) is 5.56 Å². The summed E-state index contributed by atoms with van der Waals surface area (Å²) in [6, 6.07) is 5.90. The third-order valence-electron chi connectivity index (χ3n) is 1.96. The second kappa shape index (κ2) is 5.35. The van der Waals surface area contributed by atoms with Crippen molar-refractivity contribution in [2.75, 3.05) is 12.3 Å². The van der Waals surface area contributed by atoms with Crippen molar-refractivity contribution >= 4 is 15.7 Å². The highest BCUT2D eigenvalue weighted by atomic mass is 32.2. The smallest absolute Gasteiger partial charge is 0.243 e. The molecule has 3 N–H and O–H groups in total. The summed E-state index contributed by atoms with van der Waals surface area (Å²) in [5.74, 6) is 5.16. The Kier molecular flexibility index (Phi) is 4.11. The van der Waals surface area contributed by atoms with E-state index in [9.17, 15) is 8.42 Å². The number of benzene rings is 1. The van der Waals surface area contributed by atoms with Gasteiger partial charge in [-0.25, -0.2) is 8.42 Å². The average molecular weight is 249 g/mol. The standard InChI is InChI=1S/C11H11N3O2S/c1-2-3-6-14-17(15,16)11-5-4-9(8-12)7-10(11)13/h4-5,7,14H,6,13H2,1H3. The molecule has 17 heavy (non-hydrogen) atoms. The van der Waals surface area contributed by atoms with Crippen LogP contribution in [-0.2, 0) is 10.0 Å². The lowest BCUT2D eigenvalue weighted by Gasteiger charge is -2.07. The number of anilines is 1. The van der Waals surface area contributed by atoms with E-state index in [0.717, 1.165) is 0 Å². The summed E-state index contributed by atoms with van der Waals surface area (Å²) in [6.07, 6.45) is 0. The molecule has 6 heteroatoms. The lowest BCUT2D eigenvalue weighted by atomic mass is 10.2. The molecule has 0 aromatic heterocycles. The third-order valence-corrected chi connectivity index (χ3v) is 3.43. The maximum atomic E-state index is 11.8. The molecule has 0 spiro atoms. The van der Waals surface area contributed by atoms with Crippen molar-refractivity contribution in [2.45, 2.75) is 11.8 Å². The molecular weight excluding hydrogens is 238 g/mol. The molecule has 0 bridgehead atoms. The predicted molar refractivity (Wildman–Crippen MR) is 64.2 cm³/mol. The van der Waals surface area contributed by atoms with E-state index in [4.69, 9.17) is 11.0 Å². The van der Waals surface area contributed by atoms with Gasteiger partial charge in [0.2, 0.25) is 10.0 Å². The normalized spacial score (nSPS) is 10.1. The second-order valence-corrected chi connectivity index (χ2v) is 4.85. The van der Waals surface area contributed by atoms with Gasteiger partial charge in [-0.1, -0.05) is 5.92 Å². The van der Waals surface area contributed by atoms with Crippen molar-refractivity contribution in [1.29, 1.82) is 5.26 Å². The van der Waals surface area contributed by atoms with Gasteiger partial charge in [0.15, 0.2) is 0 Å². The van der Waals surface area contributed by atoms with E-state index in [1.54, 1.807) is 6.92 Å². The van der Waals surface area contributed by atoms with Gasteiger partial charge in [-0.2, -0.15) is 9.98 Å². The third kappa shape index (κ3) is 3.22. The first kappa shape index (κ1) is 13.0. The fourth-order valence-electron chi connectivity index (χ4n) is 1.16. The van der Waals surface area contributed by atoms with Crippen LogP contribution in [0.5, 0.6) is 0 Å². The first-order chi connectivity index (χ1) is 8.01. The zero-order valence-electron chi connectivity index (χ0n) is 9.19. The minimum atomic E-state index is -3.68. The van der Waals surface area contributed by atoms with Crippen molar-refractivity contribution < 1.29 is 8.42 Å². The molecule has 0 atom stereocenters. The molecule has 0 unspecified atom stereocenters. The SMILES string of the molecule is CC#CCNS(=O)(=O)c1ccc(C#N)cc1N. The van der Waals surface area contributed by atoms with Crippen LogP contribution < -0.4 is 10.5 Å². The average Bonchev–Trinajstić information content (AvgIpc) is 2.28. The van der Waals surface area contributed by atoms with Crippen LogP contribution in [0.15, 0.2) is 23.1 Å².